The zero-order valence-electron chi connectivity index (χ0n) is 13.1. The van der Waals surface area contributed by atoms with Gasteiger partial charge in [0, 0.05) is 11.4 Å². The minimum atomic E-state index is -0.375. The van der Waals surface area contributed by atoms with Gasteiger partial charge in [-0.05, 0) is 42.0 Å². The average molecular weight is 369 g/mol. The summed E-state index contributed by atoms with van der Waals surface area (Å²) in [6.45, 7) is 0. The topological polar surface area (TPSA) is 32.3 Å². The van der Waals surface area contributed by atoms with Gasteiger partial charge >= 0.3 is 0 Å². The van der Waals surface area contributed by atoms with Crippen molar-refractivity contribution in [3.8, 4) is 0 Å². The van der Waals surface area contributed by atoms with E-state index < -0.39 is 0 Å². The lowest BCUT2D eigenvalue weighted by atomic mass is 10.0. The Morgan fingerprint density at radius 2 is 1.56 bits per heavy atom. The van der Waals surface area contributed by atoms with E-state index in [1.807, 2.05) is 60.7 Å². The number of benzene rings is 3. The van der Waals surface area contributed by atoms with Crippen molar-refractivity contribution in [1.29, 1.82) is 0 Å². The zero-order valence-corrected chi connectivity index (χ0v) is 14.6. The van der Waals surface area contributed by atoms with Crippen LogP contribution in [-0.2, 0) is 0 Å². The van der Waals surface area contributed by atoms with E-state index in [0.29, 0.717) is 15.6 Å². The molecular weight excluding hydrogens is 355 g/mol. The highest BCUT2D eigenvalue weighted by Gasteiger charge is 2.34. The molecule has 0 unspecified atom stereocenters. The summed E-state index contributed by atoms with van der Waals surface area (Å²) in [5.41, 5.74) is 3.12. The van der Waals surface area contributed by atoms with Crippen molar-refractivity contribution in [3.63, 3.8) is 0 Å². The smallest absolute Gasteiger partial charge is 0.262 e. The third kappa shape index (κ3) is 2.86. The molecule has 124 valence electrons. The van der Waals surface area contributed by atoms with E-state index in [4.69, 9.17) is 23.2 Å². The highest BCUT2D eigenvalue weighted by atomic mass is 35.5. The maximum Gasteiger partial charge on any atom is 0.262 e. The Morgan fingerprint density at radius 1 is 0.840 bits per heavy atom. The van der Waals surface area contributed by atoms with Crippen LogP contribution < -0.4 is 10.2 Å². The van der Waals surface area contributed by atoms with E-state index >= 15 is 0 Å². The fourth-order valence-electron chi connectivity index (χ4n) is 3.02. The van der Waals surface area contributed by atoms with Gasteiger partial charge in [0.1, 0.15) is 6.17 Å². The molecule has 3 aromatic rings. The van der Waals surface area contributed by atoms with Crippen LogP contribution in [0.2, 0.25) is 10.0 Å². The zero-order chi connectivity index (χ0) is 17.4. The first-order valence-corrected chi connectivity index (χ1v) is 8.60. The van der Waals surface area contributed by atoms with E-state index in [1.54, 1.807) is 17.0 Å². The number of amides is 1. The van der Waals surface area contributed by atoms with Gasteiger partial charge in [-0.3, -0.25) is 9.69 Å². The number of fused-ring (bicyclic) bond motifs is 1. The lowest BCUT2D eigenvalue weighted by molar-refractivity contribution is 0.0975. The minimum Gasteiger partial charge on any atom is -0.360 e. The number of hydrogen-bond donors (Lipinski definition) is 1. The summed E-state index contributed by atoms with van der Waals surface area (Å²) in [6, 6.07) is 22.5. The Kier molecular flexibility index (Phi) is 4.12. The van der Waals surface area contributed by atoms with E-state index in [9.17, 15) is 4.79 Å². The summed E-state index contributed by atoms with van der Waals surface area (Å²) in [7, 11) is 0. The first kappa shape index (κ1) is 16.0. The Balaban J connectivity index is 1.87. The number of nitrogens with zero attached hydrogens (tertiary/aromatic N) is 1. The number of halogens is 2. The van der Waals surface area contributed by atoms with Crippen LogP contribution in [0.1, 0.15) is 22.1 Å². The van der Waals surface area contributed by atoms with Crippen molar-refractivity contribution in [2.45, 2.75) is 6.17 Å². The van der Waals surface area contributed by atoms with Crippen LogP contribution >= 0.6 is 23.2 Å². The predicted molar refractivity (Wildman–Crippen MR) is 103 cm³/mol. The van der Waals surface area contributed by atoms with Gasteiger partial charge in [-0.25, -0.2) is 0 Å². The molecule has 1 atom stereocenters. The second-order valence-electron chi connectivity index (χ2n) is 5.78. The Bertz CT molecular complexity index is 943. The second-order valence-corrected chi connectivity index (χ2v) is 6.59. The Morgan fingerprint density at radius 3 is 2.32 bits per heavy atom. The Labute approximate surface area is 155 Å². The van der Waals surface area contributed by atoms with Crippen molar-refractivity contribution in [2.75, 3.05) is 10.2 Å². The summed E-state index contributed by atoms with van der Waals surface area (Å²) in [5, 5.41) is 4.39. The molecule has 0 bridgehead atoms. The first-order valence-electron chi connectivity index (χ1n) is 7.84. The molecule has 1 amide bonds. The van der Waals surface area contributed by atoms with Gasteiger partial charge < -0.3 is 5.32 Å². The van der Waals surface area contributed by atoms with Crippen LogP contribution in [0.25, 0.3) is 0 Å². The van der Waals surface area contributed by atoms with Crippen LogP contribution in [-0.4, -0.2) is 5.91 Å². The summed E-state index contributed by atoms with van der Waals surface area (Å²) >= 11 is 12.3. The molecule has 25 heavy (non-hydrogen) atoms. The summed E-state index contributed by atoms with van der Waals surface area (Å²) in [4.78, 5) is 14.9. The van der Waals surface area contributed by atoms with Crippen molar-refractivity contribution in [1.82, 2.24) is 0 Å². The molecule has 0 fully saturated rings. The molecule has 0 spiro atoms. The van der Waals surface area contributed by atoms with Crippen LogP contribution in [0.5, 0.6) is 0 Å². The molecule has 0 radical (unpaired) electrons. The van der Waals surface area contributed by atoms with Crippen LogP contribution in [0.15, 0.2) is 72.8 Å². The largest absolute Gasteiger partial charge is 0.360 e. The molecule has 1 aliphatic heterocycles. The maximum absolute atomic E-state index is 13.2. The van der Waals surface area contributed by atoms with Crippen molar-refractivity contribution in [3.05, 3.63) is 94.0 Å². The lowest BCUT2D eigenvalue weighted by Gasteiger charge is -2.38. The van der Waals surface area contributed by atoms with E-state index in [2.05, 4.69) is 5.32 Å². The van der Waals surface area contributed by atoms with Crippen molar-refractivity contribution >= 4 is 40.5 Å². The van der Waals surface area contributed by atoms with Crippen molar-refractivity contribution in [2.24, 2.45) is 0 Å². The van der Waals surface area contributed by atoms with E-state index in [1.165, 1.54) is 0 Å². The van der Waals surface area contributed by atoms with Crippen LogP contribution in [0.3, 0.4) is 0 Å². The molecule has 1 heterocycles. The van der Waals surface area contributed by atoms with Crippen LogP contribution in [0, 0.1) is 0 Å². The SMILES string of the molecule is O=C1c2ccccc2N[C@@H](c2ccc(Cl)c(Cl)c2)N1c1ccccc1. The number of anilines is 2. The molecular formula is C20H14Cl2N2O. The molecule has 0 saturated carbocycles. The standard InChI is InChI=1S/C20H14Cl2N2O/c21-16-11-10-13(12-17(16)22)19-23-18-9-5-4-8-15(18)20(25)24(19)14-6-2-1-3-7-14/h1-12,19,23H/t19-/m1/s1. The summed E-state index contributed by atoms with van der Waals surface area (Å²) < 4.78 is 0. The molecule has 0 saturated heterocycles. The lowest BCUT2D eigenvalue weighted by Crippen LogP contribution is -2.43. The number of nitrogens with one attached hydrogen (secondary N) is 1. The maximum atomic E-state index is 13.2. The highest BCUT2D eigenvalue weighted by molar-refractivity contribution is 6.42. The number of carbonyl (C=O) groups excluding carboxylic acids is 1. The van der Waals surface area contributed by atoms with E-state index in [-0.39, 0.29) is 12.1 Å². The monoisotopic (exact) mass is 368 g/mol. The molecule has 1 N–H and O–H groups in total. The Hall–Kier alpha value is -2.49. The fraction of sp³-hybridized carbons (Fsp3) is 0.0500. The number of para-hydroxylation sites is 2. The summed E-state index contributed by atoms with van der Waals surface area (Å²) in [6.07, 6.45) is -0.375. The molecule has 1 aliphatic rings. The van der Waals surface area contributed by atoms with Gasteiger partial charge in [0.15, 0.2) is 0 Å². The first-order chi connectivity index (χ1) is 12.1. The van der Waals surface area contributed by atoms with Gasteiger partial charge in [0.2, 0.25) is 0 Å². The third-order valence-corrected chi connectivity index (χ3v) is 4.96. The quantitative estimate of drug-likeness (QED) is 0.623. The van der Waals surface area contributed by atoms with E-state index in [0.717, 1.165) is 16.9 Å². The number of carbonyl (C=O) groups is 1. The minimum absolute atomic E-state index is 0.0587. The van der Waals surface area contributed by atoms with Gasteiger partial charge in [0.25, 0.3) is 5.91 Å². The van der Waals surface area contributed by atoms with Gasteiger partial charge in [0.05, 0.1) is 15.6 Å². The molecule has 0 aromatic heterocycles. The normalized spacial score (nSPS) is 16.3. The predicted octanol–water partition coefficient (Wildman–Crippen LogP) is 5.76. The molecule has 3 aromatic carbocycles. The van der Waals surface area contributed by atoms with Gasteiger partial charge in [-0.1, -0.05) is 59.6 Å². The summed E-state index contributed by atoms with van der Waals surface area (Å²) in [5.74, 6) is -0.0587. The fourth-order valence-corrected chi connectivity index (χ4v) is 3.33. The van der Waals surface area contributed by atoms with Gasteiger partial charge in [-0.15, -0.1) is 0 Å². The number of hydrogen-bond acceptors (Lipinski definition) is 2. The molecule has 4 rings (SSSR count). The number of rotatable bonds is 2. The molecule has 3 nitrogen and oxygen atoms in total. The third-order valence-electron chi connectivity index (χ3n) is 4.22. The molecule has 5 heteroatoms. The van der Waals surface area contributed by atoms with Gasteiger partial charge in [-0.2, -0.15) is 0 Å². The average Bonchev–Trinajstić information content (AvgIpc) is 2.64. The van der Waals surface area contributed by atoms with Crippen molar-refractivity contribution < 1.29 is 4.79 Å². The van der Waals surface area contributed by atoms with Crippen LogP contribution in [0.4, 0.5) is 11.4 Å². The second kappa shape index (κ2) is 6.43. The highest BCUT2D eigenvalue weighted by Crippen LogP contribution is 2.37. The molecule has 0 aliphatic carbocycles.